The van der Waals surface area contributed by atoms with Gasteiger partial charge in [-0.05, 0) is 46.7 Å². The van der Waals surface area contributed by atoms with Gasteiger partial charge < -0.3 is 20.3 Å². The SMILES string of the molecule is CC(C)OC(=O)N1CCC=C(c2c(F)cc(N3C[C@@H](C)N(C)[C@@H](C)C3)c(-n3cc(C(N)=O)c(C(F)(F)F)cc3=O)c2F)C1. The Balaban J connectivity index is 1.96. The molecular weight excluding hydrogens is 577 g/mol. The molecule has 2 aliphatic rings. The molecule has 2 aromatic rings. The van der Waals surface area contributed by atoms with Crippen molar-refractivity contribution in [1.82, 2.24) is 14.4 Å². The van der Waals surface area contributed by atoms with Crippen LogP contribution in [0, 0.1) is 11.6 Å². The Morgan fingerprint density at radius 1 is 1.09 bits per heavy atom. The number of amides is 2. The number of hydrogen-bond acceptors (Lipinski definition) is 6. The number of hydrogen-bond donors (Lipinski definition) is 1. The molecule has 43 heavy (non-hydrogen) atoms. The zero-order valence-electron chi connectivity index (χ0n) is 24.5. The molecule has 0 saturated carbocycles. The summed E-state index contributed by atoms with van der Waals surface area (Å²) in [5.41, 5.74) is 0.234. The third kappa shape index (κ3) is 6.38. The highest BCUT2D eigenvalue weighted by Crippen LogP contribution is 2.38. The molecule has 0 bridgehead atoms. The zero-order chi connectivity index (χ0) is 32.0. The molecule has 4 rings (SSSR count). The molecule has 0 spiro atoms. The van der Waals surface area contributed by atoms with Gasteiger partial charge in [0.1, 0.15) is 11.5 Å². The first kappa shape index (κ1) is 32.0. The number of likely N-dealkylation sites (N-methyl/N-ethyl adjacent to an activating group) is 1. The summed E-state index contributed by atoms with van der Waals surface area (Å²) in [4.78, 5) is 42.8. The minimum atomic E-state index is -5.10. The zero-order valence-corrected chi connectivity index (χ0v) is 24.5. The Morgan fingerprint density at radius 2 is 1.72 bits per heavy atom. The summed E-state index contributed by atoms with van der Waals surface area (Å²) in [6, 6.07) is 1.02. The number of alkyl halides is 3. The molecule has 0 aliphatic carbocycles. The van der Waals surface area contributed by atoms with Crippen LogP contribution in [-0.4, -0.2) is 77.8 Å². The quantitative estimate of drug-likeness (QED) is 0.504. The van der Waals surface area contributed by atoms with E-state index >= 15 is 8.78 Å². The van der Waals surface area contributed by atoms with Crippen LogP contribution < -0.4 is 16.2 Å². The van der Waals surface area contributed by atoms with Crippen molar-refractivity contribution in [2.45, 2.75) is 58.5 Å². The van der Waals surface area contributed by atoms with Crippen LogP contribution in [0.4, 0.5) is 32.4 Å². The normalized spacial score (nSPS) is 19.9. The van der Waals surface area contributed by atoms with Crippen LogP contribution in [0.1, 0.15) is 55.6 Å². The number of nitrogens with zero attached hydrogens (tertiary/aromatic N) is 4. The Morgan fingerprint density at radius 3 is 2.28 bits per heavy atom. The highest BCUT2D eigenvalue weighted by atomic mass is 19.4. The molecule has 1 saturated heterocycles. The van der Waals surface area contributed by atoms with Crippen LogP contribution in [0.2, 0.25) is 0 Å². The van der Waals surface area contributed by atoms with Crippen LogP contribution in [-0.2, 0) is 10.9 Å². The Bertz CT molecular complexity index is 1510. The first-order valence-electron chi connectivity index (χ1n) is 13.8. The van der Waals surface area contributed by atoms with E-state index in [0.29, 0.717) is 10.8 Å². The summed E-state index contributed by atoms with van der Waals surface area (Å²) in [5, 5.41) is 0. The molecule has 0 unspecified atom stereocenters. The molecule has 0 radical (unpaired) electrons. The maximum absolute atomic E-state index is 16.7. The van der Waals surface area contributed by atoms with Gasteiger partial charge >= 0.3 is 12.3 Å². The maximum atomic E-state index is 16.7. The molecule has 234 valence electrons. The summed E-state index contributed by atoms with van der Waals surface area (Å²) in [7, 11) is 1.89. The fourth-order valence-electron chi connectivity index (χ4n) is 5.46. The van der Waals surface area contributed by atoms with E-state index in [0.717, 1.165) is 6.07 Å². The highest BCUT2D eigenvalue weighted by Gasteiger charge is 2.38. The number of aromatic nitrogens is 1. The number of carbonyl (C=O) groups excluding carboxylic acids is 2. The standard InChI is InChI=1S/C29H34F5N5O4/c1-15(2)43-28(42)37-8-6-7-18(13-37)24-21(30)10-22(38-11-16(3)36(5)17(4)12-38)26(25(24)31)39-14-19(27(35)41)20(9-23(39)40)29(32,33)34/h7,9-10,14-17H,6,8,11-13H2,1-5H3,(H2,35,41)/t16-,17+. The summed E-state index contributed by atoms with van der Waals surface area (Å²) >= 11 is 0. The van der Waals surface area contributed by atoms with Crippen LogP contribution >= 0.6 is 0 Å². The van der Waals surface area contributed by atoms with Crippen molar-refractivity contribution in [3.63, 3.8) is 0 Å². The van der Waals surface area contributed by atoms with Gasteiger partial charge in [0.2, 0.25) is 0 Å². The molecule has 2 aliphatic heterocycles. The van der Waals surface area contributed by atoms with Crippen LogP contribution in [0.5, 0.6) is 0 Å². The van der Waals surface area contributed by atoms with E-state index in [-0.39, 0.29) is 62.0 Å². The lowest BCUT2D eigenvalue weighted by atomic mass is 9.97. The second-order valence-electron chi connectivity index (χ2n) is 11.2. The van der Waals surface area contributed by atoms with Gasteiger partial charge in [0.05, 0.1) is 28.5 Å². The first-order chi connectivity index (χ1) is 20.0. The second kappa shape index (κ2) is 12.0. The summed E-state index contributed by atoms with van der Waals surface area (Å²) in [5.74, 6) is -3.71. The van der Waals surface area contributed by atoms with Crippen molar-refractivity contribution >= 4 is 23.3 Å². The minimum absolute atomic E-state index is 0.0877. The largest absolute Gasteiger partial charge is 0.447 e. The monoisotopic (exact) mass is 611 g/mol. The number of ether oxygens (including phenoxy) is 1. The molecule has 1 fully saturated rings. The predicted octanol–water partition coefficient (Wildman–Crippen LogP) is 4.40. The summed E-state index contributed by atoms with van der Waals surface area (Å²) < 4.78 is 79.5. The Kier molecular flexibility index (Phi) is 8.91. The first-order valence-corrected chi connectivity index (χ1v) is 13.8. The van der Waals surface area contributed by atoms with Gasteiger partial charge in [-0.1, -0.05) is 6.08 Å². The van der Waals surface area contributed by atoms with Crippen molar-refractivity contribution in [3.05, 3.63) is 63.1 Å². The topological polar surface area (TPSA) is 101 Å². The molecule has 3 heterocycles. The molecule has 1 aromatic carbocycles. The van der Waals surface area contributed by atoms with Crippen molar-refractivity contribution in [1.29, 1.82) is 0 Å². The lowest BCUT2D eigenvalue weighted by Crippen LogP contribution is -2.55. The number of piperazine rings is 1. The van der Waals surface area contributed by atoms with Gasteiger partial charge in [-0.15, -0.1) is 0 Å². The van der Waals surface area contributed by atoms with Crippen LogP contribution in [0.3, 0.4) is 0 Å². The maximum Gasteiger partial charge on any atom is 0.417 e. The number of halogens is 5. The van der Waals surface area contributed by atoms with Crippen LogP contribution in [0.15, 0.2) is 29.2 Å². The average Bonchev–Trinajstić information content (AvgIpc) is 2.90. The van der Waals surface area contributed by atoms with E-state index in [9.17, 15) is 27.6 Å². The molecule has 2 atom stereocenters. The van der Waals surface area contributed by atoms with Gasteiger partial charge in [-0.2, -0.15) is 13.2 Å². The lowest BCUT2D eigenvalue weighted by molar-refractivity contribution is -0.138. The van der Waals surface area contributed by atoms with Gasteiger partial charge in [0, 0.05) is 56.6 Å². The number of nitrogens with two attached hydrogens (primary N) is 1. The number of benzene rings is 1. The predicted molar refractivity (Wildman–Crippen MR) is 150 cm³/mol. The Labute approximate surface area is 245 Å². The lowest BCUT2D eigenvalue weighted by Gasteiger charge is -2.44. The fourth-order valence-corrected chi connectivity index (χ4v) is 5.46. The third-order valence-corrected chi connectivity index (χ3v) is 7.80. The summed E-state index contributed by atoms with van der Waals surface area (Å²) in [6.07, 6.45) is -3.86. The molecule has 9 nitrogen and oxygen atoms in total. The number of carbonyl (C=O) groups is 2. The van der Waals surface area contributed by atoms with Crippen molar-refractivity contribution in [2.75, 3.05) is 38.1 Å². The molecule has 14 heteroatoms. The second-order valence-corrected chi connectivity index (χ2v) is 11.2. The van der Waals surface area contributed by atoms with Gasteiger partial charge in [0.15, 0.2) is 5.82 Å². The van der Waals surface area contributed by atoms with Crippen molar-refractivity contribution < 1.29 is 36.3 Å². The van der Waals surface area contributed by atoms with Crippen molar-refractivity contribution in [3.8, 4) is 5.69 Å². The van der Waals surface area contributed by atoms with Crippen LogP contribution in [0.25, 0.3) is 11.3 Å². The van der Waals surface area contributed by atoms with Gasteiger partial charge in [0.25, 0.3) is 11.5 Å². The van der Waals surface area contributed by atoms with E-state index in [2.05, 4.69) is 4.90 Å². The number of anilines is 1. The molecule has 1 aromatic heterocycles. The number of rotatable bonds is 5. The highest BCUT2D eigenvalue weighted by molar-refractivity contribution is 5.94. The molecular formula is C29H34F5N5O4. The average molecular weight is 612 g/mol. The van der Waals surface area contributed by atoms with E-state index < -0.39 is 63.9 Å². The minimum Gasteiger partial charge on any atom is -0.447 e. The van der Waals surface area contributed by atoms with Gasteiger partial charge in [-0.25, -0.2) is 13.6 Å². The van der Waals surface area contributed by atoms with Gasteiger partial charge in [-0.3, -0.25) is 19.1 Å². The number of pyridine rings is 1. The van der Waals surface area contributed by atoms with Crippen molar-refractivity contribution in [2.24, 2.45) is 5.73 Å². The van der Waals surface area contributed by atoms with E-state index in [4.69, 9.17) is 10.5 Å². The fraction of sp³-hybridized carbons (Fsp3) is 0.483. The molecule has 2 N–H and O–H groups in total. The number of primary amides is 1. The Hall–Kier alpha value is -3.94. The smallest absolute Gasteiger partial charge is 0.417 e. The van der Waals surface area contributed by atoms with E-state index in [1.54, 1.807) is 24.8 Å². The third-order valence-electron chi connectivity index (χ3n) is 7.80. The van der Waals surface area contributed by atoms with E-state index in [1.807, 2.05) is 20.9 Å². The summed E-state index contributed by atoms with van der Waals surface area (Å²) in [6.45, 7) is 7.70. The van der Waals surface area contributed by atoms with E-state index in [1.165, 1.54) is 4.90 Å². The molecule has 2 amide bonds.